The minimum Gasteiger partial charge on any atom is -0.480 e. The Balaban J connectivity index is 1.83. The highest BCUT2D eigenvalue weighted by Gasteiger charge is 2.20. The number of thiophene rings is 1. The summed E-state index contributed by atoms with van der Waals surface area (Å²) in [6.45, 7) is 1.57. The molecule has 28 heavy (non-hydrogen) atoms. The zero-order valence-electron chi connectivity index (χ0n) is 14.8. The molecule has 0 unspecified atom stereocenters. The molecule has 0 bridgehead atoms. The highest BCUT2D eigenvalue weighted by Crippen LogP contribution is 2.36. The topological polar surface area (TPSA) is 105 Å². The summed E-state index contributed by atoms with van der Waals surface area (Å²) in [6, 6.07) is 16.6. The molecule has 7 nitrogen and oxygen atoms in total. The van der Waals surface area contributed by atoms with E-state index >= 15 is 0 Å². The van der Waals surface area contributed by atoms with E-state index in [1.807, 2.05) is 23.6 Å². The third-order valence-electron chi connectivity index (χ3n) is 3.94. The Labute approximate surface area is 165 Å². The van der Waals surface area contributed by atoms with Gasteiger partial charge in [0.25, 0.3) is 11.6 Å². The average Bonchev–Trinajstić information content (AvgIpc) is 3.23. The maximum absolute atomic E-state index is 12.5. The van der Waals surface area contributed by atoms with Crippen molar-refractivity contribution in [2.75, 3.05) is 5.32 Å². The number of nitro groups is 1. The highest BCUT2D eigenvalue weighted by molar-refractivity contribution is 7.13. The standard InChI is InChI=1S/C20H15N3O4S/c1-13(20(24)22-17-6-3-2-5-14(17)12-21)27-18-9-8-15(23(25)26)11-16(18)19-7-4-10-28-19/h2-11,13H,1H3,(H,22,24)/t13-/m1/s1. The molecular weight excluding hydrogens is 378 g/mol. The summed E-state index contributed by atoms with van der Waals surface area (Å²) >= 11 is 1.41. The lowest BCUT2D eigenvalue weighted by Crippen LogP contribution is -2.30. The SMILES string of the molecule is C[C@@H](Oc1ccc([N+](=O)[O-])cc1-c1cccs1)C(=O)Nc1ccccc1C#N. The van der Waals surface area contributed by atoms with E-state index in [4.69, 9.17) is 10.00 Å². The van der Waals surface area contributed by atoms with E-state index in [9.17, 15) is 14.9 Å². The zero-order chi connectivity index (χ0) is 20.1. The number of anilines is 1. The normalized spacial score (nSPS) is 11.3. The van der Waals surface area contributed by atoms with Gasteiger partial charge in [-0.3, -0.25) is 14.9 Å². The van der Waals surface area contributed by atoms with Crippen LogP contribution in [-0.4, -0.2) is 16.9 Å². The van der Waals surface area contributed by atoms with Gasteiger partial charge >= 0.3 is 0 Å². The first kappa shape index (κ1) is 19.1. The summed E-state index contributed by atoms with van der Waals surface area (Å²) in [5.74, 6) is -0.0672. The van der Waals surface area contributed by atoms with Crippen molar-refractivity contribution >= 4 is 28.6 Å². The number of nitrogens with one attached hydrogen (secondary N) is 1. The third-order valence-corrected chi connectivity index (χ3v) is 4.84. The van der Waals surface area contributed by atoms with Crippen molar-refractivity contribution in [3.63, 3.8) is 0 Å². The van der Waals surface area contributed by atoms with Gasteiger partial charge in [-0.25, -0.2) is 0 Å². The third kappa shape index (κ3) is 4.16. The number of hydrogen-bond donors (Lipinski definition) is 1. The summed E-state index contributed by atoms with van der Waals surface area (Å²) in [4.78, 5) is 23.9. The fourth-order valence-corrected chi connectivity index (χ4v) is 3.27. The predicted octanol–water partition coefficient (Wildman–Crippen LogP) is 4.60. The van der Waals surface area contributed by atoms with Crippen molar-refractivity contribution in [3.8, 4) is 22.3 Å². The lowest BCUT2D eigenvalue weighted by atomic mass is 10.1. The number of non-ortho nitro benzene ring substituents is 1. The molecule has 1 heterocycles. The van der Waals surface area contributed by atoms with E-state index in [1.54, 1.807) is 31.2 Å². The molecule has 0 aliphatic carbocycles. The number of carbonyl (C=O) groups excluding carboxylic acids is 1. The molecule has 1 atom stereocenters. The van der Waals surface area contributed by atoms with Crippen LogP contribution in [-0.2, 0) is 4.79 Å². The average molecular weight is 393 g/mol. The second kappa shape index (κ2) is 8.33. The zero-order valence-corrected chi connectivity index (χ0v) is 15.6. The molecule has 0 saturated heterocycles. The van der Waals surface area contributed by atoms with Crippen molar-refractivity contribution in [3.05, 3.63) is 75.7 Å². The monoisotopic (exact) mass is 393 g/mol. The van der Waals surface area contributed by atoms with Crippen LogP contribution in [0.2, 0.25) is 0 Å². The number of nitrogens with zero attached hydrogens (tertiary/aromatic N) is 2. The molecule has 0 saturated carbocycles. The lowest BCUT2D eigenvalue weighted by molar-refractivity contribution is -0.384. The van der Waals surface area contributed by atoms with Gasteiger partial charge in [-0.05, 0) is 36.6 Å². The maximum Gasteiger partial charge on any atom is 0.270 e. The molecule has 3 rings (SSSR count). The fraction of sp³-hybridized carbons (Fsp3) is 0.100. The van der Waals surface area contributed by atoms with Gasteiger partial charge < -0.3 is 10.1 Å². The summed E-state index contributed by atoms with van der Waals surface area (Å²) in [6.07, 6.45) is -0.882. The van der Waals surface area contributed by atoms with Gasteiger partial charge in [0, 0.05) is 22.6 Å². The molecule has 8 heteroatoms. The first-order valence-electron chi connectivity index (χ1n) is 8.28. The smallest absolute Gasteiger partial charge is 0.270 e. The van der Waals surface area contributed by atoms with E-state index < -0.39 is 16.9 Å². The molecule has 1 aromatic heterocycles. The molecule has 3 aromatic rings. The summed E-state index contributed by atoms with van der Waals surface area (Å²) in [7, 11) is 0. The minimum absolute atomic E-state index is 0.0594. The molecule has 2 aromatic carbocycles. The molecule has 0 fully saturated rings. The number of ether oxygens (including phenoxy) is 1. The molecule has 0 spiro atoms. The van der Waals surface area contributed by atoms with Gasteiger partial charge in [0.15, 0.2) is 6.10 Å². The number of benzene rings is 2. The van der Waals surface area contributed by atoms with E-state index in [0.717, 1.165) is 4.88 Å². The van der Waals surface area contributed by atoms with Gasteiger partial charge in [0.2, 0.25) is 0 Å². The number of para-hydroxylation sites is 1. The molecular formula is C20H15N3O4S. The van der Waals surface area contributed by atoms with Crippen LogP contribution in [0.15, 0.2) is 60.0 Å². The van der Waals surface area contributed by atoms with Crippen molar-refractivity contribution in [2.45, 2.75) is 13.0 Å². The van der Waals surface area contributed by atoms with Gasteiger partial charge in [0.05, 0.1) is 16.2 Å². The Morgan fingerprint density at radius 3 is 2.71 bits per heavy atom. The summed E-state index contributed by atoms with van der Waals surface area (Å²) < 4.78 is 5.80. The Morgan fingerprint density at radius 2 is 2.04 bits per heavy atom. The number of carbonyl (C=O) groups is 1. The van der Waals surface area contributed by atoms with Crippen LogP contribution in [0.25, 0.3) is 10.4 Å². The van der Waals surface area contributed by atoms with Crippen LogP contribution in [0, 0.1) is 21.4 Å². The van der Waals surface area contributed by atoms with Crippen LogP contribution >= 0.6 is 11.3 Å². The number of nitriles is 1. The van der Waals surface area contributed by atoms with Crippen molar-refractivity contribution in [1.82, 2.24) is 0 Å². The van der Waals surface area contributed by atoms with E-state index in [-0.39, 0.29) is 5.69 Å². The van der Waals surface area contributed by atoms with Crippen LogP contribution in [0.3, 0.4) is 0 Å². The van der Waals surface area contributed by atoms with Gasteiger partial charge in [-0.15, -0.1) is 11.3 Å². The second-order valence-corrected chi connectivity index (χ2v) is 6.77. The number of amides is 1. The Hall–Kier alpha value is -3.70. The van der Waals surface area contributed by atoms with E-state index in [1.165, 1.54) is 29.5 Å². The van der Waals surface area contributed by atoms with E-state index in [2.05, 4.69) is 5.32 Å². The van der Waals surface area contributed by atoms with Crippen LogP contribution in [0.4, 0.5) is 11.4 Å². The molecule has 1 amide bonds. The summed E-state index contributed by atoms with van der Waals surface area (Å²) in [5.41, 5.74) is 1.22. The number of hydrogen-bond acceptors (Lipinski definition) is 6. The highest BCUT2D eigenvalue weighted by atomic mass is 32.1. The Kier molecular flexibility index (Phi) is 5.67. The van der Waals surface area contributed by atoms with Crippen LogP contribution in [0.5, 0.6) is 5.75 Å². The predicted molar refractivity (Wildman–Crippen MR) is 106 cm³/mol. The molecule has 0 radical (unpaired) electrons. The molecule has 140 valence electrons. The van der Waals surface area contributed by atoms with Crippen molar-refractivity contribution < 1.29 is 14.5 Å². The first-order valence-corrected chi connectivity index (χ1v) is 9.16. The van der Waals surface area contributed by atoms with Crippen molar-refractivity contribution in [1.29, 1.82) is 5.26 Å². The van der Waals surface area contributed by atoms with Gasteiger partial charge in [-0.2, -0.15) is 5.26 Å². The second-order valence-electron chi connectivity index (χ2n) is 5.82. The summed E-state index contributed by atoms with van der Waals surface area (Å²) in [5, 5.41) is 24.8. The fourth-order valence-electron chi connectivity index (χ4n) is 2.53. The van der Waals surface area contributed by atoms with E-state index in [0.29, 0.717) is 22.6 Å². The van der Waals surface area contributed by atoms with Gasteiger partial charge in [0.1, 0.15) is 11.8 Å². The first-order chi connectivity index (χ1) is 13.5. The number of nitro benzene ring substituents is 1. The Morgan fingerprint density at radius 1 is 1.25 bits per heavy atom. The lowest BCUT2D eigenvalue weighted by Gasteiger charge is -2.17. The largest absolute Gasteiger partial charge is 0.480 e. The number of rotatable bonds is 6. The van der Waals surface area contributed by atoms with Crippen LogP contribution < -0.4 is 10.1 Å². The minimum atomic E-state index is -0.882. The quantitative estimate of drug-likeness (QED) is 0.487. The molecule has 0 aliphatic rings. The molecule has 0 aliphatic heterocycles. The Bertz CT molecular complexity index is 1060. The maximum atomic E-state index is 12.5. The van der Waals surface area contributed by atoms with Gasteiger partial charge in [-0.1, -0.05) is 18.2 Å². The van der Waals surface area contributed by atoms with Crippen molar-refractivity contribution in [2.24, 2.45) is 0 Å². The molecule has 1 N–H and O–H groups in total. The van der Waals surface area contributed by atoms with Crippen LogP contribution in [0.1, 0.15) is 12.5 Å².